The van der Waals surface area contributed by atoms with Gasteiger partial charge in [-0.15, -0.1) is 0 Å². The van der Waals surface area contributed by atoms with E-state index in [1.165, 1.54) is 44.5 Å². The summed E-state index contributed by atoms with van der Waals surface area (Å²) in [4.78, 5) is 0. The molecule has 0 saturated heterocycles. The van der Waals surface area contributed by atoms with Crippen LogP contribution in [0.2, 0.25) is 0 Å². The van der Waals surface area contributed by atoms with Crippen LogP contribution < -0.4 is 0 Å². The van der Waals surface area contributed by atoms with Gasteiger partial charge in [0.05, 0.1) is 0 Å². The molecule has 0 radical (unpaired) electrons. The van der Waals surface area contributed by atoms with Crippen LogP contribution in [0.15, 0.2) is 90.5 Å². The molecule has 0 N–H and O–H groups in total. The Labute approximate surface area is 155 Å². The normalized spacial score (nSPS) is 15.5. The summed E-state index contributed by atoms with van der Waals surface area (Å²) in [5.41, 5.74) is 11.4. The van der Waals surface area contributed by atoms with Crippen LogP contribution in [-0.4, -0.2) is 0 Å². The molecule has 0 amide bonds. The highest BCUT2D eigenvalue weighted by Crippen LogP contribution is 2.38. The van der Waals surface area contributed by atoms with E-state index in [2.05, 4.69) is 84.9 Å². The Morgan fingerprint density at radius 1 is 0.462 bits per heavy atom. The van der Waals surface area contributed by atoms with Gasteiger partial charge < -0.3 is 0 Å². The predicted octanol–water partition coefficient (Wildman–Crippen LogP) is 6.60. The molecule has 3 aromatic carbocycles. The van der Waals surface area contributed by atoms with Crippen molar-refractivity contribution in [3.8, 4) is 11.1 Å². The van der Waals surface area contributed by atoms with Crippen LogP contribution in [0.4, 0.5) is 0 Å². The summed E-state index contributed by atoms with van der Waals surface area (Å²) < 4.78 is 0. The molecule has 5 rings (SSSR count). The minimum Gasteiger partial charge on any atom is -0.0801 e. The molecular weight excluding hydrogens is 312 g/mol. The maximum absolute atomic E-state index is 2.45. The molecule has 2 aliphatic carbocycles. The van der Waals surface area contributed by atoms with Crippen molar-refractivity contribution in [2.75, 3.05) is 0 Å². The monoisotopic (exact) mass is 334 g/mol. The van der Waals surface area contributed by atoms with Crippen LogP contribution in [-0.2, 0) is 12.8 Å². The van der Waals surface area contributed by atoms with Gasteiger partial charge in [0.15, 0.2) is 0 Å². The molecule has 0 fully saturated rings. The van der Waals surface area contributed by atoms with E-state index in [9.17, 15) is 0 Å². The van der Waals surface area contributed by atoms with Crippen molar-refractivity contribution in [3.63, 3.8) is 0 Å². The average molecular weight is 334 g/mol. The van der Waals surface area contributed by atoms with Crippen molar-refractivity contribution in [2.24, 2.45) is 0 Å². The lowest BCUT2D eigenvalue weighted by atomic mass is 9.81. The summed E-state index contributed by atoms with van der Waals surface area (Å²) >= 11 is 0. The standard InChI is InChI=1S/C26H22/c1-5-13-23-19(9-1)17-20-10-2-7-15-25(20)26-16-8-4-12-22(26)18-21-11-3-6-14-24(21)23/h1-3,5-7,9-16H,4,8,17-18H2. The Kier molecular flexibility index (Phi) is 3.83. The quantitative estimate of drug-likeness (QED) is 0.434. The Hall–Kier alpha value is -2.86. The van der Waals surface area contributed by atoms with E-state index in [1.807, 2.05) is 0 Å². The van der Waals surface area contributed by atoms with Gasteiger partial charge in [0.25, 0.3) is 0 Å². The van der Waals surface area contributed by atoms with Crippen molar-refractivity contribution in [1.29, 1.82) is 0 Å². The molecule has 0 nitrogen and oxygen atoms in total. The van der Waals surface area contributed by atoms with E-state index < -0.39 is 0 Å². The van der Waals surface area contributed by atoms with Crippen molar-refractivity contribution in [1.82, 2.24) is 0 Å². The highest BCUT2D eigenvalue weighted by Gasteiger charge is 2.19. The summed E-state index contributed by atoms with van der Waals surface area (Å²) in [5, 5.41) is 0. The Balaban J connectivity index is 1.80. The zero-order valence-electron chi connectivity index (χ0n) is 14.9. The Morgan fingerprint density at radius 2 is 0.962 bits per heavy atom. The second kappa shape index (κ2) is 6.46. The van der Waals surface area contributed by atoms with Crippen molar-refractivity contribution in [3.05, 3.63) is 113 Å². The van der Waals surface area contributed by atoms with Crippen LogP contribution in [0.25, 0.3) is 16.7 Å². The zero-order chi connectivity index (χ0) is 17.3. The number of benzene rings is 3. The summed E-state index contributed by atoms with van der Waals surface area (Å²) in [6.45, 7) is 0. The second-order valence-corrected chi connectivity index (χ2v) is 7.25. The molecule has 3 aromatic rings. The molecule has 0 unspecified atom stereocenters. The molecule has 0 spiro atoms. The number of fused-ring (bicyclic) bond motifs is 6. The minimum atomic E-state index is 0.977. The molecule has 0 heterocycles. The summed E-state index contributed by atoms with van der Waals surface area (Å²) in [7, 11) is 0. The molecule has 0 aliphatic heterocycles. The lowest BCUT2D eigenvalue weighted by Gasteiger charge is -2.24. The van der Waals surface area contributed by atoms with Gasteiger partial charge in [-0.1, -0.05) is 84.9 Å². The van der Waals surface area contributed by atoms with E-state index in [0.717, 1.165) is 25.7 Å². The number of hydrogen-bond donors (Lipinski definition) is 0. The third-order valence-corrected chi connectivity index (χ3v) is 5.65. The van der Waals surface area contributed by atoms with E-state index in [4.69, 9.17) is 0 Å². The first-order valence-corrected chi connectivity index (χ1v) is 9.54. The molecular formula is C26H22. The second-order valence-electron chi connectivity index (χ2n) is 7.25. The minimum absolute atomic E-state index is 0.977. The van der Waals surface area contributed by atoms with Crippen LogP contribution in [0.5, 0.6) is 0 Å². The van der Waals surface area contributed by atoms with E-state index in [0.29, 0.717) is 0 Å². The first-order chi connectivity index (χ1) is 12.9. The van der Waals surface area contributed by atoms with Gasteiger partial charge in [-0.2, -0.15) is 0 Å². The molecule has 0 aromatic heterocycles. The molecule has 0 saturated carbocycles. The van der Waals surface area contributed by atoms with Crippen molar-refractivity contribution in [2.45, 2.75) is 25.7 Å². The van der Waals surface area contributed by atoms with Crippen molar-refractivity contribution >= 4 is 5.57 Å². The van der Waals surface area contributed by atoms with Gasteiger partial charge >= 0.3 is 0 Å². The van der Waals surface area contributed by atoms with Gasteiger partial charge in [-0.05, 0) is 70.2 Å². The molecule has 26 heavy (non-hydrogen) atoms. The Bertz CT molecular complexity index is 1030. The highest BCUT2D eigenvalue weighted by atomic mass is 14.2. The average Bonchev–Trinajstić information content (AvgIpc) is 2.70. The van der Waals surface area contributed by atoms with Gasteiger partial charge in [-0.25, -0.2) is 0 Å². The molecule has 0 bridgehead atoms. The largest absolute Gasteiger partial charge is 0.0801 e. The highest BCUT2D eigenvalue weighted by molar-refractivity contribution is 5.84. The molecule has 126 valence electrons. The Morgan fingerprint density at radius 3 is 1.65 bits per heavy atom. The SMILES string of the molecule is C1=C2Cc3ccccc3-c3ccccc3Cc3ccccc3C2=CCC1. The van der Waals surface area contributed by atoms with E-state index >= 15 is 0 Å². The summed E-state index contributed by atoms with van der Waals surface area (Å²) in [5.74, 6) is 0. The number of hydrogen-bond acceptors (Lipinski definition) is 0. The third-order valence-electron chi connectivity index (χ3n) is 5.65. The van der Waals surface area contributed by atoms with Gasteiger partial charge in [-0.3, -0.25) is 0 Å². The molecule has 2 aliphatic rings. The van der Waals surface area contributed by atoms with Crippen LogP contribution in [0, 0.1) is 0 Å². The smallest absolute Gasteiger partial charge is 0.00135 e. The lowest BCUT2D eigenvalue weighted by molar-refractivity contribution is 0.997. The predicted molar refractivity (Wildman–Crippen MR) is 110 cm³/mol. The lowest BCUT2D eigenvalue weighted by Crippen LogP contribution is -2.06. The van der Waals surface area contributed by atoms with E-state index in [-0.39, 0.29) is 0 Å². The maximum atomic E-state index is 2.45. The van der Waals surface area contributed by atoms with Gasteiger partial charge in [0.2, 0.25) is 0 Å². The fourth-order valence-electron chi connectivity index (χ4n) is 4.40. The van der Waals surface area contributed by atoms with Crippen LogP contribution in [0.3, 0.4) is 0 Å². The van der Waals surface area contributed by atoms with Gasteiger partial charge in [0, 0.05) is 0 Å². The van der Waals surface area contributed by atoms with Crippen LogP contribution >= 0.6 is 0 Å². The molecule has 0 heteroatoms. The van der Waals surface area contributed by atoms with Crippen molar-refractivity contribution < 1.29 is 0 Å². The first-order valence-electron chi connectivity index (χ1n) is 9.54. The first kappa shape index (κ1) is 15.4. The zero-order valence-corrected chi connectivity index (χ0v) is 14.9. The molecule has 0 atom stereocenters. The fourth-order valence-corrected chi connectivity index (χ4v) is 4.40. The summed E-state index contributed by atoms with van der Waals surface area (Å²) in [6.07, 6.45) is 9.18. The number of rotatable bonds is 0. The van der Waals surface area contributed by atoms with Crippen LogP contribution in [0.1, 0.15) is 35.1 Å². The fraction of sp³-hybridized carbons (Fsp3) is 0.154. The van der Waals surface area contributed by atoms with E-state index in [1.54, 1.807) is 0 Å². The maximum Gasteiger partial charge on any atom is -0.00135 e. The van der Waals surface area contributed by atoms with Gasteiger partial charge in [0.1, 0.15) is 0 Å². The summed E-state index contributed by atoms with van der Waals surface area (Å²) in [6, 6.07) is 26.8. The number of allylic oxidation sites excluding steroid dienone is 4. The topological polar surface area (TPSA) is 0 Å². The third kappa shape index (κ3) is 2.63.